The molecular weight excluding hydrogens is 729 g/mol. The Morgan fingerprint density at radius 3 is 1.63 bits per heavy atom. The van der Waals surface area contributed by atoms with Gasteiger partial charge in [-0.3, -0.25) is 4.57 Å². The molecule has 4 nitrogen and oxygen atoms in total. The van der Waals surface area contributed by atoms with Crippen molar-refractivity contribution in [3.8, 4) is 39.5 Å². The maximum absolute atomic E-state index is 5.28. The van der Waals surface area contributed by atoms with Crippen LogP contribution in [0.3, 0.4) is 0 Å². The summed E-state index contributed by atoms with van der Waals surface area (Å²) in [6.07, 6.45) is 9.16. The zero-order valence-corrected chi connectivity index (χ0v) is 33.8. The van der Waals surface area contributed by atoms with Gasteiger partial charge in [0.2, 0.25) is 5.95 Å². The molecule has 0 saturated heterocycles. The van der Waals surface area contributed by atoms with Gasteiger partial charge in [-0.05, 0) is 77.9 Å². The number of aromatic nitrogens is 4. The quantitative estimate of drug-likeness (QED) is 0.0992. The summed E-state index contributed by atoms with van der Waals surface area (Å²) in [4.78, 5) is 10.2. The Labute approximate surface area is 350 Å². The van der Waals surface area contributed by atoms with Gasteiger partial charge in [0.25, 0.3) is 0 Å². The Bertz CT molecular complexity index is 3360. The first kappa shape index (κ1) is 37.7. The maximum atomic E-state index is 5.28. The molecule has 60 heavy (non-hydrogen) atoms. The lowest BCUT2D eigenvalue weighted by atomic mass is 9.98. The number of fused-ring (bicyclic) bond motifs is 12. The molecule has 4 heterocycles. The summed E-state index contributed by atoms with van der Waals surface area (Å²) in [7, 11) is 0. The molecule has 11 aromatic rings. The van der Waals surface area contributed by atoms with Crippen molar-refractivity contribution in [1.29, 1.82) is 0 Å². The van der Waals surface area contributed by atoms with Gasteiger partial charge in [-0.1, -0.05) is 177 Å². The lowest BCUT2D eigenvalue weighted by molar-refractivity contribution is 0.994. The van der Waals surface area contributed by atoms with Crippen LogP contribution in [-0.4, -0.2) is 18.9 Å². The molecule has 0 N–H and O–H groups in total. The van der Waals surface area contributed by atoms with Crippen molar-refractivity contribution in [2.45, 2.75) is 13.8 Å². The summed E-state index contributed by atoms with van der Waals surface area (Å²) in [5, 5.41) is 7.28. The molecule has 0 bridgehead atoms. The van der Waals surface area contributed by atoms with E-state index < -0.39 is 0 Å². The van der Waals surface area contributed by atoms with Gasteiger partial charge in [0.15, 0.2) is 0 Å². The molecule has 288 valence electrons. The van der Waals surface area contributed by atoms with Crippen LogP contribution < -0.4 is 0 Å². The normalized spacial score (nSPS) is 11.2. The summed E-state index contributed by atoms with van der Waals surface area (Å²) in [6, 6.07) is 62.9. The van der Waals surface area contributed by atoms with E-state index in [4.69, 9.17) is 9.97 Å². The average Bonchev–Trinajstić information content (AvgIpc) is 3.89. The third kappa shape index (κ3) is 6.74. The Hall–Kier alpha value is -7.82. The van der Waals surface area contributed by atoms with E-state index >= 15 is 0 Å². The number of benzene rings is 7. The Kier molecular flexibility index (Phi) is 10.4. The Balaban J connectivity index is 0.000000534. The van der Waals surface area contributed by atoms with Crippen LogP contribution in [0.1, 0.15) is 13.8 Å². The minimum Gasteiger partial charge on any atom is -0.309 e. The Morgan fingerprint density at radius 1 is 0.417 bits per heavy atom. The summed E-state index contributed by atoms with van der Waals surface area (Å²) in [5.74, 6) is 0.652. The number of para-hydroxylation sites is 2. The highest BCUT2D eigenvalue weighted by molar-refractivity contribution is 6.22. The fourth-order valence-corrected chi connectivity index (χ4v) is 8.20. The van der Waals surface area contributed by atoms with Crippen molar-refractivity contribution >= 4 is 59.9 Å². The molecule has 0 atom stereocenters. The van der Waals surface area contributed by atoms with Crippen LogP contribution in [0.15, 0.2) is 220 Å². The van der Waals surface area contributed by atoms with E-state index in [1.54, 1.807) is 12.2 Å². The van der Waals surface area contributed by atoms with Gasteiger partial charge >= 0.3 is 0 Å². The fourth-order valence-electron chi connectivity index (χ4n) is 8.20. The molecule has 4 heteroatoms. The summed E-state index contributed by atoms with van der Waals surface area (Å²) in [6.45, 7) is 10.7. The van der Waals surface area contributed by atoms with Crippen molar-refractivity contribution in [1.82, 2.24) is 18.9 Å². The fraction of sp³-hybridized carbons (Fsp3) is 0.0357. The zero-order valence-electron chi connectivity index (χ0n) is 33.8. The molecular formula is C56H44N4. The topological polar surface area (TPSA) is 35.1 Å². The van der Waals surface area contributed by atoms with Gasteiger partial charge in [-0.15, -0.1) is 0 Å². The lowest BCUT2D eigenvalue weighted by Gasteiger charge is -2.11. The standard InChI is InChI=1S/C48H30N4.C4H8.C4H6/c1-2-11-31(12-3-1)32-21-23-33(24-22-32)34-13-10-14-35(29-34)42-27-28-49-48(50-42)52-44-20-9-7-18-39(44)40-25-26-45-41(47(40)52)30-46-38-17-5-4-15-36(38)37-16-6-8-19-43(37)51(45)46;2*1-3-4-2/h1-30H;3-4H,1-2H3;3-4H,1-2H2/b;4-3-;. The molecule has 0 spiro atoms. The van der Waals surface area contributed by atoms with Gasteiger partial charge in [0.05, 0.1) is 33.3 Å². The van der Waals surface area contributed by atoms with E-state index in [0.717, 1.165) is 33.4 Å². The Morgan fingerprint density at radius 2 is 0.950 bits per heavy atom. The molecule has 0 aliphatic heterocycles. The highest BCUT2D eigenvalue weighted by Crippen LogP contribution is 2.40. The highest BCUT2D eigenvalue weighted by Gasteiger charge is 2.20. The van der Waals surface area contributed by atoms with Crippen molar-refractivity contribution in [3.63, 3.8) is 0 Å². The molecule has 0 radical (unpaired) electrons. The summed E-state index contributed by atoms with van der Waals surface area (Å²) >= 11 is 0. The second-order valence-electron chi connectivity index (χ2n) is 14.6. The number of nitrogens with zero attached hydrogens (tertiary/aromatic N) is 4. The van der Waals surface area contributed by atoms with Gasteiger partial charge in [0, 0.05) is 38.7 Å². The number of allylic oxidation sites excluding steroid dienone is 4. The average molecular weight is 773 g/mol. The zero-order chi connectivity index (χ0) is 41.0. The van der Waals surface area contributed by atoms with Crippen molar-refractivity contribution in [2.75, 3.05) is 0 Å². The van der Waals surface area contributed by atoms with Crippen LogP contribution in [0.5, 0.6) is 0 Å². The molecule has 11 rings (SSSR count). The first-order valence-electron chi connectivity index (χ1n) is 20.3. The third-order valence-corrected chi connectivity index (χ3v) is 11.1. The molecule has 0 saturated carbocycles. The molecule has 0 amide bonds. The number of pyridine rings is 1. The van der Waals surface area contributed by atoms with E-state index in [1.807, 2.05) is 38.3 Å². The van der Waals surface area contributed by atoms with Gasteiger partial charge in [-0.2, -0.15) is 0 Å². The summed E-state index contributed by atoms with van der Waals surface area (Å²) in [5.41, 5.74) is 12.4. The van der Waals surface area contributed by atoms with Gasteiger partial charge in [0.1, 0.15) is 0 Å². The largest absolute Gasteiger partial charge is 0.309 e. The highest BCUT2D eigenvalue weighted by atomic mass is 15.2. The van der Waals surface area contributed by atoms with E-state index in [2.05, 4.69) is 192 Å². The smallest absolute Gasteiger partial charge is 0.235 e. The van der Waals surface area contributed by atoms with Crippen molar-refractivity contribution < 1.29 is 0 Å². The molecule has 0 fully saturated rings. The lowest BCUT2D eigenvalue weighted by Crippen LogP contribution is -2.02. The van der Waals surface area contributed by atoms with Crippen LogP contribution in [-0.2, 0) is 0 Å². The number of hydrogen-bond acceptors (Lipinski definition) is 2. The van der Waals surface area contributed by atoms with Crippen LogP contribution in [0, 0.1) is 0 Å². The first-order chi connectivity index (χ1) is 29.6. The minimum atomic E-state index is 0.652. The maximum Gasteiger partial charge on any atom is 0.235 e. The second-order valence-corrected chi connectivity index (χ2v) is 14.6. The summed E-state index contributed by atoms with van der Waals surface area (Å²) < 4.78 is 4.68. The van der Waals surface area contributed by atoms with Crippen molar-refractivity contribution in [3.05, 3.63) is 220 Å². The third-order valence-electron chi connectivity index (χ3n) is 11.1. The van der Waals surface area contributed by atoms with E-state index in [1.165, 1.54) is 60.0 Å². The van der Waals surface area contributed by atoms with Crippen LogP contribution in [0.25, 0.3) is 99.4 Å². The van der Waals surface area contributed by atoms with Gasteiger partial charge < -0.3 is 4.40 Å². The molecule has 0 aliphatic rings. The van der Waals surface area contributed by atoms with Crippen LogP contribution >= 0.6 is 0 Å². The van der Waals surface area contributed by atoms with Crippen LogP contribution in [0.2, 0.25) is 0 Å². The molecule has 7 aromatic carbocycles. The predicted molar refractivity (Wildman–Crippen MR) is 257 cm³/mol. The van der Waals surface area contributed by atoms with E-state index in [0.29, 0.717) is 5.95 Å². The van der Waals surface area contributed by atoms with Gasteiger partial charge in [-0.25, -0.2) is 9.97 Å². The van der Waals surface area contributed by atoms with Crippen molar-refractivity contribution in [2.24, 2.45) is 0 Å². The predicted octanol–water partition coefficient (Wildman–Crippen LogP) is 15.2. The SMILES string of the molecule is C/C=C\C.C=CC=C.c1ccc(-c2ccc(-c3cccc(-c4ccnc(-n5c6ccccc6c6ccc7c(cc8c9ccccc9c9ccccc9n87)c65)n4)c3)cc2)cc1. The van der Waals surface area contributed by atoms with E-state index in [-0.39, 0.29) is 0 Å². The molecule has 4 aromatic heterocycles. The molecule has 0 unspecified atom stereocenters. The van der Waals surface area contributed by atoms with E-state index in [9.17, 15) is 0 Å². The second kappa shape index (κ2) is 16.6. The minimum absolute atomic E-state index is 0.652. The first-order valence-corrected chi connectivity index (χ1v) is 20.3. The van der Waals surface area contributed by atoms with Crippen LogP contribution in [0.4, 0.5) is 0 Å². The number of hydrogen-bond donors (Lipinski definition) is 0. The number of rotatable bonds is 5. The molecule has 0 aliphatic carbocycles. The monoisotopic (exact) mass is 772 g/mol.